The molecule has 0 radical (unpaired) electrons. The van der Waals surface area contributed by atoms with Crippen LogP contribution in [0.2, 0.25) is 20.1 Å². The van der Waals surface area contributed by atoms with E-state index < -0.39 is 5.92 Å². The Morgan fingerprint density at radius 1 is 1.08 bits per heavy atom. The van der Waals surface area contributed by atoms with Crippen molar-refractivity contribution in [1.29, 1.82) is 0 Å². The number of anilines is 2. The first-order valence-corrected chi connectivity index (χ1v) is 8.88. The summed E-state index contributed by atoms with van der Waals surface area (Å²) in [5.74, 6) is -1.03. The molecule has 2 amide bonds. The smallest absolute Gasteiger partial charge is 0.229 e. The Balaban J connectivity index is 1.77. The molecule has 4 nitrogen and oxygen atoms in total. The van der Waals surface area contributed by atoms with E-state index >= 15 is 0 Å². The van der Waals surface area contributed by atoms with Crippen molar-refractivity contribution in [2.24, 2.45) is 5.92 Å². The molecule has 0 saturated carbocycles. The van der Waals surface area contributed by atoms with Gasteiger partial charge in [0.2, 0.25) is 11.8 Å². The monoisotopic (exact) mass is 416 g/mol. The molecule has 1 N–H and O–H groups in total. The fourth-order valence-electron chi connectivity index (χ4n) is 2.64. The maximum Gasteiger partial charge on any atom is 0.229 e. The zero-order valence-corrected chi connectivity index (χ0v) is 15.8. The predicted molar refractivity (Wildman–Crippen MR) is 102 cm³/mol. The maximum absolute atomic E-state index is 12.5. The largest absolute Gasteiger partial charge is 0.324 e. The third-order valence-corrected chi connectivity index (χ3v) is 5.28. The van der Waals surface area contributed by atoms with E-state index in [-0.39, 0.29) is 29.8 Å². The van der Waals surface area contributed by atoms with E-state index in [4.69, 9.17) is 46.4 Å². The zero-order chi connectivity index (χ0) is 18.1. The Bertz CT molecular complexity index is 857. The van der Waals surface area contributed by atoms with Crippen molar-refractivity contribution in [2.45, 2.75) is 6.42 Å². The van der Waals surface area contributed by atoms with Gasteiger partial charge in [-0.1, -0.05) is 52.5 Å². The van der Waals surface area contributed by atoms with Crippen LogP contribution in [-0.2, 0) is 9.59 Å². The van der Waals surface area contributed by atoms with Crippen LogP contribution >= 0.6 is 46.4 Å². The second kappa shape index (κ2) is 7.42. The van der Waals surface area contributed by atoms with Crippen LogP contribution in [0.25, 0.3) is 0 Å². The Morgan fingerprint density at radius 2 is 1.84 bits per heavy atom. The number of hydrogen-bond donors (Lipinski definition) is 1. The van der Waals surface area contributed by atoms with E-state index in [0.717, 1.165) is 0 Å². The lowest BCUT2D eigenvalue weighted by Crippen LogP contribution is -2.28. The van der Waals surface area contributed by atoms with Crippen molar-refractivity contribution >= 4 is 69.6 Å². The Labute approximate surface area is 164 Å². The average molecular weight is 418 g/mol. The molecule has 1 atom stereocenters. The molecular weight excluding hydrogens is 406 g/mol. The molecule has 25 heavy (non-hydrogen) atoms. The van der Waals surface area contributed by atoms with Gasteiger partial charge in [-0.15, -0.1) is 0 Å². The summed E-state index contributed by atoms with van der Waals surface area (Å²) in [5.41, 5.74) is 0.904. The van der Waals surface area contributed by atoms with Crippen LogP contribution in [0.15, 0.2) is 36.4 Å². The minimum Gasteiger partial charge on any atom is -0.324 e. The van der Waals surface area contributed by atoms with Crippen LogP contribution < -0.4 is 10.2 Å². The molecule has 3 rings (SSSR count). The molecule has 1 saturated heterocycles. The molecule has 0 aromatic heterocycles. The van der Waals surface area contributed by atoms with Crippen molar-refractivity contribution in [3.63, 3.8) is 0 Å². The van der Waals surface area contributed by atoms with Gasteiger partial charge in [-0.2, -0.15) is 0 Å². The SMILES string of the molecule is O=C(Nc1cc(Cl)ccc1Cl)[C@@H]1CC(=O)N(c2cccc(Cl)c2Cl)C1. The Hall–Kier alpha value is -1.46. The van der Waals surface area contributed by atoms with Gasteiger partial charge in [0.1, 0.15) is 0 Å². The molecule has 8 heteroatoms. The highest BCUT2D eigenvalue weighted by molar-refractivity contribution is 6.44. The lowest BCUT2D eigenvalue weighted by molar-refractivity contribution is -0.122. The van der Waals surface area contributed by atoms with Crippen LogP contribution in [-0.4, -0.2) is 18.4 Å². The van der Waals surface area contributed by atoms with Gasteiger partial charge in [-0.25, -0.2) is 0 Å². The molecule has 130 valence electrons. The van der Waals surface area contributed by atoms with Crippen LogP contribution in [0.5, 0.6) is 0 Å². The normalized spacial score (nSPS) is 17.0. The van der Waals surface area contributed by atoms with Crippen LogP contribution in [0.4, 0.5) is 11.4 Å². The second-order valence-corrected chi connectivity index (χ2v) is 7.22. The molecule has 0 unspecified atom stereocenters. The molecule has 0 bridgehead atoms. The molecule has 1 heterocycles. The molecule has 1 aliphatic heterocycles. The second-order valence-electron chi connectivity index (χ2n) is 5.59. The number of rotatable bonds is 3. The van der Waals surface area contributed by atoms with E-state index in [0.29, 0.717) is 26.4 Å². The van der Waals surface area contributed by atoms with Gasteiger partial charge in [0.15, 0.2) is 0 Å². The van der Waals surface area contributed by atoms with Crippen molar-refractivity contribution in [1.82, 2.24) is 0 Å². The molecule has 1 aliphatic rings. The van der Waals surface area contributed by atoms with E-state index in [1.54, 1.807) is 36.4 Å². The molecule has 1 fully saturated rings. The zero-order valence-electron chi connectivity index (χ0n) is 12.7. The fourth-order valence-corrected chi connectivity index (χ4v) is 3.38. The highest BCUT2D eigenvalue weighted by Crippen LogP contribution is 2.36. The van der Waals surface area contributed by atoms with Gasteiger partial charge in [-0.05, 0) is 30.3 Å². The topological polar surface area (TPSA) is 49.4 Å². The van der Waals surface area contributed by atoms with Crippen LogP contribution in [0.1, 0.15) is 6.42 Å². The maximum atomic E-state index is 12.5. The number of halogens is 4. The molecular formula is C17H12Cl4N2O2. The van der Waals surface area contributed by atoms with Crippen LogP contribution in [0, 0.1) is 5.92 Å². The Kier molecular flexibility index (Phi) is 5.44. The first kappa shape index (κ1) is 18.3. The summed E-state index contributed by atoms with van der Waals surface area (Å²) in [6, 6.07) is 9.82. The summed E-state index contributed by atoms with van der Waals surface area (Å²) in [4.78, 5) is 26.3. The lowest BCUT2D eigenvalue weighted by atomic mass is 10.1. The van der Waals surface area contributed by atoms with E-state index in [1.165, 1.54) is 4.90 Å². The molecule has 0 spiro atoms. The summed E-state index contributed by atoms with van der Waals surface area (Å²) in [7, 11) is 0. The fraction of sp³-hybridized carbons (Fsp3) is 0.176. The number of amides is 2. The number of hydrogen-bond acceptors (Lipinski definition) is 2. The summed E-state index contributed by atoms with van der Waals surface area (Å²) < 4.78 is 0. The number of carbonyl (C=O) groups is 2. The number of nitrogens with zero attached hydrogens (tertiary/aromatic N) is 1. The summed E-state index contributed by atoms with van der Waals surface area (Å²) in [6.45, 7) is 0.211. The number of benzene rings is 2. The highest BCUT2D eigenvalue weighted by atomic mass is 35.5. The van der Waals surface area contributed by atoms with Crippen molar-refractivity contribution in [3.8, 4) is 0 Å². The Morgan fingerprint density at radius 3 is 2.60 bits per heavy atom. The first-order valence-electron chi connectivity index (χ1n) is 7.37. The summed E-state index contributed by atoms with van der Waals surface area (Å²) in [5, 5.41) is 4.18. The van der Waals surface area contributed by atoms with Gasteiger partial charge in [0, 0.05) is 18.0 Å². The predicted octanol–water partition coefficient (Wildman–Crippen LogP) is 5.29. The number of carbonyl (C=O) groups excluding carboxylic acids is 2. The molecule has 2 aromatic rings. The van der Waals surface area contributed by atoms with E-state index in [2.05, 4.69) is 5.32 Å². The first-order chi connectivity index (χ1) is 11.9. The summed E-state index contributed by atoms with van der Waals surface area (Å²) >= 11 is 24.2. The number of nitrogens with one attached hydrogen (secondary N) is 1. The lowest BCUT2D eigenvalue weighted by Gasteiger charge is -2.18. The average Bonchev–Trinajstić information content (AvgIpc) is 2.95. The van der Waals surface area contributed by atoms with Crippen molar-refractivity contribution in [2.75, 3.05) is 16.8 Å². The highest BCUT2D eigenvalue weighted by Gasteiger charge is 2.36. The molecule has 2 aromatic carbocycles. The minimum atomic E-state index is -0.530. The van der Waals surface area contributed by atoms with Gasteiger partial charge in [0.05, 0.1) is 32.4 Å². The third kappa shape index (κ3) is 3.87. The minimum absolute atomic E-state index is 0.0763. The third-order valence-electron chi connectivity index (χ3n) is 3.90. The molecule has 0 aliphatic carbocycles. The standard InChI is InChI=1S/C17H12Cl4N2O2/c18-10-4-5-11(19)13(7-10)22-17(25)9-6-15(24)23(8-9)14-3-1-2-12(20)16(14)21/h1-5,7,9H,6,8H2,(H,22,25)/t9-/m1/s1. The van der Waals surface area contributed by atoms with Gasteiger partial charge >= 0.3 is 0 Å². The van der Waals surface area contributed by atoms with Crippen LogP contribution in [0.3, 0.4) is 0 Å². The van der Waals surface area contributed by atoms with Gasteiger partial charge in [0.25, 0.3) is 0 Å². The van der Waals surface area contributed by atoms with Gasteiger partial charge < -0.3 is 10.2 Å². The van der Waals surface area contributed by atoms with Crippen molar-refractivity contribution < 1.29 is 9.59 Å². The summed E-state index contributed by atoms with van der Waals surface area (Å²) in [6.07, 6.45) is 0.0763. The van der Waals surface area contributed by atoms with Gasteiger partial charge in [-0.3, -0.25) is 9.59 Å². The van der Waals surface area contributed by atoms with E-state index in [9.17, 15) is 9.59 Å². The van der Waals surface area contributed by atoms with E-state index in [1.807, 2.05) is 0 Å². The van der Waals surface area contributed by atoms with Crippen molar-refractivity contribution in [3.05, 3.63) is 56.5 Å². The quantitative estimate of drug-likeness (QED) is 0.737.